The molecule has 1 amide bonds. The molecular formula is C29H39BClN3O5S2. The van der Waals surface area contributed by atoms with Crippen LogP contribution < -0.4 is 15.5 Å². The van der Waals surface area contributed by atoms with Crippen molar-refractivity contribution in [3.8, 4) is 0 Å². The van der Waals surface area contributed by atoms with Gasteiger partial charge in [-0.15, -0.1) is 11.3 Å². The highest BCUT2D eigenvalue weighted by Crippen LogP contribution is 2.39. The summed E-state index contributed by atoms with van der Waals surface area (Å²) < 4.78 is 35.2. The Morgan fingerprint density at radius 1 is 1.07 bits per heavy atom. The number of nitrogens with one attached hydrogen (secondary N) is 2. The van der Waals surface area contributed by atoms with Gasteiger partial charge in [-0.2, -0.15) is 0 Å². The van der Waals surface area contributed by atoms with E-state index in [-0.39, 0.29) is 5.82 Å². The highest BCUT2D eigenvalue weighted by Gasteiger charge is 2.52. The molecule has 8 nitrogen and oxygen atoms in total. The zero-order valence-electron chi connectivity index (χ0n) is 25.3. The summed E-state index contributed by atoms with van der Waals surface area (Å²) >= 11 is 8.23. The van der Waals surface area contributed by atoms with Crippen molar-refractivity contribution < 1.29 is 23.0 Å². The van der Waals surface area contributed by atoms with Gasteiger partial charge < -0.3 is 14.0 Å². The molecule has 0 saturated carbocycles. The van der Waals surface area contributed by atoms with E-state index < -0.39 is 51.8 Å². The van der Waals surface area contributed by atoms with E-state index in [1.807, 2.05) is 72.7 Å². The number of fused-ring (bicyclic) bond motifs is 1. The fraction of sp³-hybridized carbons (Fsp3) is 0.517. The molecule has 0 bridgehead atoms. The van der Waals surface area contributed by atoms with Crippen molar-refractivity contribution in [2.45, 2.75) is 96.8 Å². The van der Waals surface area contributed by atoms with Gasteiger partial charge in [0.2, 0.25) is 0 Å². The minimum Gasteiger partial charge on any atom is -0.444 e. The fourth-order valence-electron chi connectivity index (χ4n) is 4.07. The zero-order chi connectivity index (χ0) is 30.5. The topological polar surface area (TPSA) is 98.8 Å². The van der Waals surface area contributed by atoms with Crippen LogP contribution in [0.25, 0.3) is 10.1 Å². The number of carbonyl (C=O) groups excluding carboxylic acids is 1. The number of carbonyl (C=O) groups is 1. The van der Waals surface area contributed by atoms with Gasteiger partial charge >= 0.3 is 13.2 Å². The number of halogens is 1. The number of hydrogen-bond acceptors (Lipinski definition) is 7. The molecule has 222 valence electrons. The maximum absolute atomic E-state index is 13.4. The van der Waals surface area contributed by atoms with Gasteiger partial charge in [0.15, 0.2) is 0 Å². The number of pyridine rings is 1. The molecule has 1 aliphatic heterocycles. The Labute approximate surface area is 254 Å². The van der Waals surface area contributed by atoms with Crippen molar-refractivity contribution in [2.75, 3.05) is 5.32 Å². The van der Waals surface area contributed by atoms with Crippen molar-refractivity contribution in [3.05, 3.63) is 52.0 Å². The summed E-state index contributed by atoms with van der Waals surface area (Å²) in [6.45, 7) is 19.2. The van der Waals surface area contributed by atoms with Crippen LogP contribution in [-0.4, -0.2) is 44.0 Å². The number of thiophene rings is 1. The third-order valence-corrected chi connectivity index (χ3v) is 10.1. The largest absolute Gasteiger partial charge is 0.496 e. The summed E-state index contributed by atoms with van der Waals surface area (Å²) in [4.78, 5) is 18.0. The van der Waals surface area contributed by atoms with Crippen molar-refractivity contribution >= 4 is 68.5 Å². The molecule has 4 rings (SSSR count). The van der Waals surface area contributed by atoms with Crippen molar-refractivity contribution in [3.63, 3.8) is 0 Å². The first kappa shape index (κ1) is 31.9. The van der Waals surface area contributed by atoms with Gasteiger partial charge in [0.25, 0.3) is 0 Å². The van der Waals surface area contributed by atoms with Crippen LogP contribution in [0.3, 0.4) is 0 Å². The quantitative estimate of drug-likeness (QED) is 0.297. The van der Waals surface area contributed by atoms with E-state index in [0.717, 1.165) is 20.4 Å². The van der Waals surface area contributed by atoms with Crippen LogP contribution in [0.2, 0.25) is 5.02 Å². The fourth-order valence-corrected chi connectivity index (χ4v) is 6.41. The van der Waals surface area contributed by atoms with E-state index >= 15 is 0 Å². The van der Waals surface area contributed by atoms with Gasteiger partial charge in [-0.3, -0.25) is 5.32 Å². The molecule has 2 aromatic heterocycles. The number of nitrogens with zero attached hydrogens (tertiary/aromatic N) is 1. The summed E-state index contributed by atoms with van der Waals surface area (Å²) in [5.41, 5.74) is -0.271. The number of aromatic nitrogens is 1. The van der Waals surface area contributed by atoms with Gasteiger partial charge in [-0.1, -0.05) is 29.8 Å². The van der Waals surface area contributed by atoms with E-state index in [2.05, 4.69) is 15.0 Å². The molecule has 2 atom stereocenters. The Morgan fingerprint density at radius 3 is 2.29 bits per heavy atom. The Hall–Kier alpha value is -2.02. The minimum atomic E-state index is -1.46. The highest BCUT2D eigenvalue weighted by molar-refractivity contribution is 7.84. The summed E-state index contributed by atoms with van der Waals surface area (Å²) in [6, 6.07) is 10.7. The molecule has 0 radical (unpaired) electrons. The summed E-state index contributed by atoms with van der Waals surface area (Å²) in [5.74, 6) is 0.269. The molecule has 41 heavy (non-hydrogen) atoms. The van der Waals surface area contributed by atoms with Crippen LogP contribution in [0, 0.1) is 0 Å². The first-order valence-corrected chi connectivity index (χ1v) is 15.8. The first-order chi connectivity index (χ1) is 18.8. The molecule has 1 fully saturated rings. The Morgan fingerprint density at radius 2 is 1.71 bits per heavy atom. The van der Waals surface area contributed by atoms with E-state index in [9.17, 15) is 9.00 Å². The van der Waals surface area contributed by atoms with Crippen LogP contribution >= 0.6 is 22.9 Å². The van der Waals surface area contributed by atoms with E-state index in [1.54, 1.807) is 32.9 Å². The van der Waals surface area contributed by atoms with Crippen LogP contribution in [0.15, 0.2) is 36.4 Å². The number of rotatable bonds is 6. The molecular weight excluding hydrogens is 581 g/mol. The second-order valence-corrected chi connectivity index (χ2v) is 16.6. The van der Waals surface area contributed by atoms with Crippen LogP contribution in [-0.2, 0) is 25.0 Å². The molecule has 0 aliphatic carbocycles. The third-order valence-electron chi connectivity index (χ3n) is 6.94. The maximum atomic E-state index is 13.4. The minimum absolute atomic E-state index is 0.269. The maximum Gasteiger partial charge on any atom is 0.496 e. The van der Waals surface area contributed by atoms with Gasteiger partial charge in [-0.05, 0) is 92.8 Å². The van der Waals surface area contributed by atoms with Crippen LogP contribution in [0.5, 0.6) is 0 Å². The SMILES string of the molecule is CC(C)(C)OC(=O)Nc1ccc(Cl)c(C(NS(=O)C(C)(C)C)c2cc3cccc(B4OC(C)(C)C(C)(C)O4)c3s2)n1. The van der Waals surface area contributed by atoms with Crippen molar-refractivity contribution in [2.24, 2.45) is 0 Å². The Bertz CT molecular complexity index is 1460. The van der Waals surface area contributed by atoms with Crippen LogP contribution in [0.1, 0.15) is 85.9 Å². The predicted molar refractivity (Wildman–Crippen MR) is 170 cm³/mol. The second-order valence-electron chi connectivity index (χ2n) is 13.1. The van der Waals surface area contributed by atoms with Gasteiger partial charge in [-0.25, -0.2) is 18.7 Å². The summed E-state index contributed by atoms with van der Waals surface area (Å²) in [5, 5.41) is 4.04. The molecule has 1 saturated heterocycles. The molecule has 2 unspecified atom stereocenters. The average molecular weight is 620 g/mol. The average Bonchev–Trinajstić information content (AvgIpc) is 3.34. The lowest BCUT2D eigenvalue weighted by atomic mass is 9.78. The lowest BCUT2D eigenvalue weighted by Crippen LogP contribution is -2.41. The number of ether oxygens (including phenoxy) is 1. The number of anilines is 1. The number of benzene rings is 1. The molecule has 3 aromatic rings. The normalized spacial score (nSPS) is 18.4. The first-order valence-electron chi connectivity index (χ1n) is 13.5. The third kappa shape index (κ3) is 7.14. The zero-order valence-corrected chi connectivity index (χ0v) is 27.7. The van der Waals surface area contributed by atoms with E-state index in [4.69, 9.17) is 25.6 Å². The lowest BCUT2D eigenvalue weighted by Gasteiger charge is -2.32. The van der Waals surface area contributed by atoms with Crippen molar-refractivity contribution in [1.29, 1.82) is 0 Å². The second kappa shape index (κ2) is 11.2. The monoisotopic (exact) mass is 619 g/mol. The van der Waals surface area contributed by atoms with Crippen LogP contribution in [0.4, 0.5) is 10.6 Å². The number of amides is 1. The molecule has 2 N–H and O–H groups in total. The highest BCUT2D eigenvalue weighted by atomic mass is 35.5. The van der Waals surface area contributed by atoms with Gasteiger partial charge in [0.05, 0.1) is 43.7 Å². The molecule has 1 aromatic carbocycles. The molecule has 12 heteroatoms. The summed E-state index contributed by atoms with van der Waals surface area (Å²) in [6.07, 6.45) is -0.630. The Balaban J connectivity index is 1.78. The smallest absolute Gasteiger partial charge is 0.444 e. The van der Waals surface area contributed by atoms with E-state index in [1.165, 1.54) is 11.3 Å². The predicted octanol–water partition coefficient (Wildman–Crippen LogP) is 6.74. The lowest BCUT2D eigenvalue weighted by molar-refractivity contribution is 0.00578. The number of hydrogen-bond donors (Lipinski definition) is 2. The molecule has 0 spiro atoms. The van der Waals surface area contributed by atoms with Gasteiger partial charge in [0.1, 0.15) is 11.4 Å². The standard InChI is InChI=1S/C29H39BClN3O5S2/c1-26(2,3)37-25(35)33-21-15-14-19(31)22(32-21)23(34-41(36)27(4,5)6)20-16-17-12-11-13-18(24(17)40-20)30-38-28(7,8)29(9,10)39-30/h11-16,23,34H,1-10H3,(H,32,33,35). The van der Waals surface area contributed by atoms with E-state index in [0.29, 0.717) is 10.7 Å². The van der Waals surface area contributed by atoms with Crippen molar-refractivity contribution in [1.82, 2.24) is 9.71 Å². The Kier molecular flexibility index (Phi) is 8.75. The van der Waals surface area contributed by atoms with Gasteiger partial charge in [0, 0.05) is 15.0 Å². The summed E-state index contributed by atoms with van der Waals surface area (Å²) in [7, 11) is -1.99. The molecule has 1 aliphatic rings. The molecule has 3 heterocycles.